The topological polar surface area (TPSA) is 65.5 Å². The minimum atomic E-state index is -1.10. The van der Waals surface area contributed by atoms with E-state index >= 15 is 0 Å². The molecule has 0 saturated heterocycles. The van der Waals surface area contributed by atoms with E-state index in [2.05, 4.69) is 10.3 Å². The van der Waals surface area contributed by atoms with Gasteiger partial charge in [0.1, 0.15) is 10.6 Å². The van der Waals surface area contributed by atoms with E-state index in [1.807, 2.05) is 37.3 Å². The first kappa shape index (κ1) is 20.3. The Morgan fingerprint density at radius 2 is 1.86 bits per heavy atom. The number of aromatic nitrogens is 1. The highest BCUT2D eigenvalue weighted by atomic mass is 35.5. The molecule has 0 bridgehead atoms. The van der Waals surface area contributed by atoms with Crippen LogP contribution in [0.3, 0.4) is 0 Å². The second-order valence-electron chi connectivity index (χ2n) is 7.42. The van der Waals surface area contributed by atoms with E-state index in [1.54, 1.807) is 36.9 Å². The van der Waals surface area contributed by atoms with Gasteiger partial charge >= 0.3 is 0 Å². The molecule has 3 rings (SSSR count). The van der Waals surface area contributed by atoms with Crippen molar-refractivity contribution in [1.82, 2.24) is 10.3 Å². The average Bonchev–Trinajstić information content (AvgIpc) is 2.73. The lowest BCUT2D eigenvalue weighted by atomic mass is 9.90. The lowest BCUT2D eigenvalue weighted by Crippen LogP contribution is -2.47. The Balaban J connectivity index is 1.85. The van der Waals surface area contributed by atoms with E-state index < -0.39 is 5.41 Å². The van der Waals surface area contributed by atoms with Gasteiger partial charge in [0.05, 0.1) is 11.4 Å². The number of benzene rings is 1. The zero-order chi connectivity index (χ0) is 20.5. The second kappa shape index (κ2) is 7.89. The van der Waals surface area contributed by atoms with E-state index in [-0.39, 0.29) is 11.8 Å². The van der Waals surface area contributed by atoms with E-state index in [0.717, 1.165) is 22.5 Å². The van der Waals surface area contributed by atoms with Gasteiger partial charge < -0.3 is 15.1 Å². The fourth-order valence-electron chi connectivity index (χ4n) is 3.45. The molecule has 28 heavy (non-hydrogen) atoms. The summed E-state index contributed by atoms with van der Waals surface area (Å²) in [4.78, 5) is 33.1. The summed E-state index contributed by atoms with van der Waals surface area (Å²) in [5.74, 6) is -0.385. The molecule has 1 N–H and O–H groups in total. The molecule has 0 spiro atoms. The Hall–Kier alpha value is -2.44. The molecule has 0 aliphatic carbocycles. The number of halogens is 1. The first-order chi connectivity index (χ1) is 13.3. The first-order valence-corrected chi connectivity index (χ1v) is 9.68. The molecule has 0 unspecified atom stereocenters. The van der Waals surface area contributed by atoms with Crippen LogP contribution in [0.5, 0.6) is 0 Å². The molecule has 7 heteroatoms. The molecule has 0 fully saturated rings. The maximum atomic E-state index is 12.9. The largest absolute Gasteiger partial charge is 0.313 e. The van der Waals surface area contributed by atoms with Gasteiger partial charge in [0.25, 0.3) is 0 Å². The van der Waals surface area contributed by atoms with Gasteiger partial charge in [0.15, 0.2) is 0 Å². The maximum absolute atomic E-state index is 12.9. The number of anilines is 2. The molecule has 2 aromatic rings. The number of hydrogen-bond donors (Lipinski definition) is 1. The van der Waals surface area contributed by atoms with E-state index in [0.29, 0.717) is 24.8 Å². The number of nitrogens with one attached hydrogen (secondary N) is 1. The number of fused-ring (bicyclic) bond motifs is 1. The third-order valence-electron chi connectivity index (χ3n) is 5.11. The molecule has 1 aliphatic rings. The summed E-state index contributed by atoms with van der Waals surface area (Å²) in [5.41, 5.74) is 2.34. The predicted octanol–water partition coefficient (Wildman–Crippen LogP) is 3.38. The number of carbonyl (C=O) groups excluding carboxylic acids is 2. The van der Waals surface area contributed by atoms with Crippen LogP contribution in [-0.2, 0) is 22.7 Å². The Kier molecular flexibility index (Phi) is 5.72. The lowest BCUT2D eigenvalue weighted by Gasteiger charge is -2.27. The quantitative estimate of drug-likeness (QED) is 0.617. The molecule has 1 aromatic carbocycles. The zero-order valence-corrected chi connectivity index (χ0v) is 17.4. The molecule has 148 valence electrons. The number of hydrogen-bond acceptors (Lipinski definition) is 4. The summed E-state index contributed by atoms with van der Waals surface area (Å²) in [6.07, 6.45) is 1.66. The van der Waals surface area contributed by atoms with Gasteiger partial charge in [-0.3, -0.25) is 9.59 Å². The molecule has 0 atom stereocenters. The molecule has 0 radical (unpaired) electrons. The highest BCUT2D eigenvalue weighted by Crippen LogP contribution is 2.38. The van der Waals surface area contributed by atoms with Crippen molar-refractivity contribution in [2.45, 2.75) is 33.9 Å². The molecule has 1 aliphatic heterocycles. The van der Waals surface area contributed by atoms with Crippen molar-refractivity contribution in [2.75, 3.05) is 23.4 Å². The van der Waals surface area contributed by atoms with Gasteiger partial charge in [-0.1, -0.05) is 23.7 Å². The van der Waals surface area contributed by atoms with Crippen molar-refractivity contribution in [1.29, 1.82) is 0 Å². The van der Waals surface area contributed by atoms with E-state index in [4.69, 9.17) is 11.6 Å². The molecule has 6 nitrogen and oxygen atoms in total. The molecular formula is C21H25ClN4O2. The third-order valence-corrected chi connectivity index (χ3v) is 5.45. The fraction of sp³-hybridized carbons (Fsp3) is 0.381. The molecular weight excluding hydrogens is 376 g/mol. The Bertz CT molecular complexity index is 913. The average molecular weight is 401 g/mol. The van der Waals surface area contributed by atoms with Gasteiger partial charge in [-0.25, -0.2) is 4.98 Å². The maximum Gasteiger partial charge on any atom is 0.242 e. The highest BCUT2D eigenvalue weighted by molar-refractivity contribution is 6.30. The summed E-state index contributed by atoms with van der Waals surface area (Å²) >= 11 is 6.09. The molecule has 2 heterocycles. The van der Waals surface area contributed by atoms with Crippen molar-refractivity contribution in [3.05, 3.63) is 52.8 Å². The summed E-state index contributed by atoms with van der Waals surface area (Å²) in [6, 6.07) is 9.63. The second-order valence-corrected chi connectivity index (χ2v) is 7.78. The van der Waals surface area contributed by atoms with Crippen molar-refractivity contribution in [3.63, 3.8) is 0 Å². The van der Waals surface area contributed by atoms with Gasteiger partial charge in [-0.15, -0.1) is 0 Å². The Morgan fingerprint density at radius 1 is 1.11 bits per heavy atom. The van der Waals surface area contributed by atoms with Crippen LogP contribution in [-0.4, -0.2) is 30.4 Å². The van der Waals surface area contributed by atoms with Crippen molar-refractivity contribution in [3.8, 4) is 0 Å². The summed E-state index contributed by atoms with van der Waals surface area (Å²) < 4.78 is 0. The normalized spacial score (nSPS) is 16.2. The van der Waals surface area contributed by atoms with Crippen LogP contribution in [0.4, 0.5) is 11.4 Å². The van der Waals surface area contributed by atoms with Gasteiger partial charge in [-0.2, -0.15) is 0 Å². The van der Waals surface area contributed by atoms with E-state index in [9.17, 15) is 9.59 Å². The smallest absolute Gasteiger partial charge is 0.242 e. The lowest BCUT2D eigenvalue weighted by molar-refractivity contribution is -0.137. The van der Waals surface area contributed by atoms with Crippen LogP contribution in [0, 0.1) is 5.41 Å². The van der Waals surface area contributed by atoms with Crippen molar-refractivity contribution in [2.24, 2.45) is 5.41 Å². The van der Waals surface area contributed by atoms with Crippen molar-refractivity contribution < 1.29 is 9.59 Å². The van der Waals surface area contributed by atoms with E-state index in [1.165, 1.54) is 0 Å². The van der Waals surface area contributed by atoms with Gasteiger partial charge in [0, 0.05) is 38.4 Å². The number of amides is 2. The number of nitrogens with zero attached hydrogens (tertiary/aromatic N) is 3. The predicted molar refractivity (Wildman–Crippen MR) is 111 cm³/mol. The van der Waals surface area contributed by atoms with Crippen LogP contribution >= 0.6 is 11.6 Å². The minimum absolute atomic E-state index is 0.178. The monoisotopic (exact) mass is 400 g/mol. The highest BCUT2D eigenvalue weighted by Gasteiger charge is 2.45. The molecule has 1 aromatic heterocycles. The van der Waals surface area contributed by atoms with Crippen molar-refractivity contribution >= 4 is 34.8 Å². The molecule has 0 saturated carbocycles. The standard InChI is InChI=1S/C21H25ClN4O2/c1-5-26-16-9-8-14(12-23-13-15-7-6-10-24-18(15)22)11-17(16)25(4)19(27)21(2,3)20(26)28/h6-11,23H,5,12-13H2,1-4H3. The van der Waals surface area contributed by atoms with Crippen LogP contribution < -0.4 is 15.1 Å². The number of rotatable bonds is 5. The zero-order valence-electron chi connectivity index (χ0n) is 16.6. The Morgan fingerprint density at radius 3 is 2.54 bits per heavy atom. The van der Waals surface area contributed by atoms with Crippen LogP contribution in [0.25, 0.3) is 0 Å². The fourth-order valence-corrected chi connectivity index (χ4v) is 3.64. The summed E-state index contributed by atoms with van der Waals surface area (Å²) in [6.45, 7) is 6.98. The summed E-state index contributed by atoms with van der Waals surface area (Å²) in [5, 5.41) is 3.84. The number of pyridine rings is 1. The summed E-state index contributed by atoms with van der Waals surface area (Å²) in [7, 11) is 1.72. The third kappa shape index (κ3) is 3.62. The van der Waals surface area contributed by atoms with Gasteiger partial charge in [-0.05, 0) is 44.5 Å². The molecule has 2 amide bonds. The van der Waals surface area contributed by atoms with Crippen LogP contribution in [0.1, 0.15) is 31.9 Å². The minimum Gasteiger partial charge on any atom is -0.313 e. The van der Waals surface area contributed by atoms with Crippen LogP contribution in [0.2, 0.25) is 5.15 Å². The number of carbonyl (C=O) groups is 2. The van der Waals surface area contributed by atoms with Crippen LogP contribution in [0.15, 0.2) is 36.5 Å². The SMILES string of the molecule is CCN1C(=O)C(C)(C)C(=O)N(C)c2cc(CNCc3cccnc3Cl)ccc21. The van der Waals surface area contributed by atoms with Gasteiger partial charge in [0.2, 0.25) is 11.8 Å². The Labute approximate surface area is 170 Å². The first-order valence-electron chi connectivity index (χ1n) is 9.30.